The van der Waals surface area contributed by atoms with Gasteiger partial charge in [0.1, 0.15) is 0 Å². The van der Waals surface area contributed by atoms with E-state index in [2.05, 4.69) is 12.2 Å². The van der Waals surface area contributed by atoms with Crippen molar-refractivity contribution in [3.63, 3.8) is 0 Å². The van der Waals surface area contributed by atoms with Gasteiger partial charge >= 0.3 is 0 Å². The molecule has 2 N–H and O–H groups in total. The summed E-state index contributed by atoms with van der Waals surface area (Å²) in [5.74, 6) is 0.314. The molecule has 3 nitrogen and oxygen atoms in total. The van der Waals surface area contributed by atoms with E-state index in [1.807, 2.05) is 7.05 Å². The maximum atomic E-state index is 9.88. The van der Waals surface area contributed by atoms with Gasteiger partial charge in [-0.2, -0.15) is 0 Å². The molecule has 1 aliphatic heterocycles. The Labute approximate surface area is 79.5 Å². The molecule has 76 valence electrons. The van der Waals surface area contributed by atoms with Crippen molar-refractivity contribution in [3.05, 3.63) is 0 Å². The van der Waals surface area contributed by atoms with Crippen molar-refractivity contribution in [2.24, 2.45) is 5.92 Å². The Bertz CT molecular complexity index is 186. The summed E-state index contributed by atoms with van der Waals surface area (Å²) in [5.41, 5.74) is 0. The van der Waals surface area contributed by atoms with Crippen LogP contribution in [0.3, 0.4) is 0 Å². The third-order valence-electron chi connectivity index (χ3n) is 3.51. The first-order valence-electron chi connectivity index (χ1n) is 5.25. The van der Waals surface area contributed by atoms with Crippen LogP contribution in [0.1, 0.15) is 26.2 Å². The maximum absolute atomic E-state index is 9.88. The summed E-state index contributed by atoms with van der Waals surface area (Å²) in [7, 11) is 1.95. The standard InChI is InChI=1S/C10H19NO2/c1-6-10(11-2)9-7(12)4-3-5-8(9)13-6/h6-12H,3-5H2,1-2H3/t6-,7-,8+,9-,10+/m0/s1. The average molecular weight is 185 g/mol. The van der Waals surface area contributed by atoms with Crippen LogP contribution < -0.4 is 5.32 Å². The lowest BCUT2D eigenvalue weighted by Crippen LogP contribution is -2.45. The number of aliphatic hydroxyl groups excluding tert-OH is 1. The van der Waals surface area contributed by atoms with Crippen LogP contribution >= 0.6 is 0 Å². The fourth-order valence-electron chi connectivity index (χ4n) is 2.89. The molecule has 1 saturated carbocycles. The highest BCUT2D eigenvalue weighted by molar-refractivity contribution is 4.98. The normalized spacial score (nSPS) is 50.5. The minimum Gasteiger partial charge on any atom is -0.393 e. The Kier molecular flexibility index (Phi) is 2.58. The number of hydrogen-bond donors (Lipinski definition) is 2. The molecule has 2 fully saturated rings. The molecule has 0 unspecified atom stereocenters. The summed E-state index contributed by atoms with van der Waals surface area (Å²) in [5, 5.41) is 13.1. The molecule has 1 heterocycles. The molecule has 2 aliphatic rings. The number of hydrogen-bond acceptors (Lipinski definition) is 3. The number of ether oxygens (including phenoxy) is 1. The van der Waals surface area contributed by atoms with E-state index < -0.39 is 0 Å². The van der Waals surface area contributed by atoms with Crippen molar-refractivity contribution in [3.8, 4) is 0 Å². The molecular weight excluding hydrogens is 166 g/mol. The fraction of sp³-hybridized carbons (Fsp3) is 1.00. The van der Waals surface area contributed by atoms with Gasteiger partial charge in [-0.15, -0.1) is 0 Å². The molecule has 0 aromatic carbocycles. The number of rotatable bonds is 1. The Morgan fingerprint density at radius 3 is 2.85 bits per heavy atom. The van der Waals surface area contributed by atoms with Gasteiger partial charge in [0.2, 0.25) is 0 Å². The van der Waals surface area contributed by atoms with Crippen LogP contribution in [-0.2, 0) is 4.74 Å². The lowest BCUT2D eigenvalue weighted by Gasteiger charge is -2.32. The molecule has 5 atom stereocenters. The number of likely N-dealkylation sites (N-methyl/N-ethyl adjacent to an activating group) is 1. The molecule has 0 bridgehead atoms. The first-order chi connectivity index (χ1) is 6.24. The smallest absolute Gasteiger partial charge is 0.0708 e. The van der Waals surface area contributed by atoms with Gasteiger partial charge in [-0.25, -0.2) is 0 Å². The molecular formula is C10H19NO2. The van der Waals surface area contributed by atoms with E-state index >= 15 is 0 Å². The molecule has 0 amide bonds. The Hall–Kier alpha value is -0.120. The maximum Gasteiger partial charge on any atom is 0.0708 e. The highest BCUT2D eigenvalue weighted by Crippen LogP contribution is 2.37. The SMILES string of the molecule is CN[C@H]1[C@H]2[C@@H](O)CCC[C@H]2O[C@H]1C. The lowest BCUT2D eigenvalue weighted by molar-refractivity contribution is -0.0175. The van der Waals surface area contributed by atoms with Crippen LogP contribution in [-0.4, -0.2) is 36.5 Å². The van der Waals surface area contributed by atoms with Crippen molar-refractivity contribution in [1.82, 2.24) is 5.32 Å². The second kappa shape index (κ2) is 3.56. The molecule has 0 aromatic heterocycles. The molecule has 2 rings (SSSR count). The fourth-order valence-corrected chi connectivity index (χ4v) is 2.89. The molecule has 3 heteroatoms. The predicted octanol–water partition coefficient (Wildman–Crippen LogP) is 0.523. The van der Waals surface area contributed by atoms with Gasteiger partial charge in [-0.1, -0.05) is 0 Å². The van der Waals surface area contributed by atoms with Gasteiger partial charge in [0.25, 0.3) is 0 Å². The summed E-state index contributed by atoms with van der Waals surface area (Å²) >= 11 is 0. The molecule has 0 radical (unpaired) electrons. The van der Waals surface area contributed by atoms with Gasteiger partial charge in [0.15, 0.2) is 0 Å². The van der Waals surface area contributed by atoms with Gasteiger partial charge in [0.05, 0.1) is 18.3 Å². The summed E-state index contributed by atoms with van der Waals surface area (Å²) in [6.45, 7) is 2.09. The van der Waals surface area contributed by atoms with Crippen molar-refractivity contribution in [1.29, 1.82) is 0 Å². The van der Waals surface area contributed by atoms with E-state index in [1.54, 1.807) is 0 Å². The third kappa shape index (κ3) is 1.49. The Balaban J connectivity index is 2.12. The van der Waals surface area contributed by atoms with E-state index in [0.717, 1.165) is 19.3 Å². The molecule has 13 heavy (non-hydrogen) atoms. The van der Waals surface area contributed by atoms with Crippen LogP contribution in [0.4, 0.5) is 0 Å². The second-order valence-corrected chi connectivity index (χ2v) is 4.27. The van der Waals surface area contributed by atoms with Gasteiger partial charge in [-0.3, -0.25) is 0 Å². The summed E-state index contributed by atoms with van der Waals surface area (Å²) in [4.78, 5) is 0. The van der Waals surface area contributed by atoms with E-state index in [1.165, 1.54) is 0 Å². The minimum atomic E-state index is -0.166. The van der Waals surface area contributed by atoms with Crippen LogP contribution in [0.15, 0.2) is 0 Å². The molecule has 0 aromatic rings. The van der Waals surface area contributed by atoms with Crippen molar-refractivity contribution in [2.45, 2.75) is 50.5 Å². The number of nitrogens with one attached hydrogen (secondary N) is 1. The van der Waals surface area contributed by atoms with Crippen LogP contribution in [0.5, 0.6) is 0 Å². The number of aliphatic hydroxyl groups is 1. The highest BCUT2D eigenvalue weighted by atomic mass is 16.5. The van der Waals surface area contributed by atoms with Gasteiger partial charge < -0.3 is 15.2 Å². The van der Waals surface area contributed by atoms with E-state index in [-0.39, 0.29) is 18.3 Å². The monoisotopic (exact) mass is 185 g/mol. The Morgan fingerprint density at radius 1 is 1.38 bits per heavy atom. The van der Waals surface area contributed by atoms with Crippen LogP contribution in [0.25, 0.3) is 0 Å². The van der Waals surface area contributed by atoms with Crippen molar-refractivity contribution >= 4 is 0 Å². The molecule has 0 spiro atoms. The van der Waals surface area contributed by atoms with E-state index in [9.17, 15) is 5.11 Å². The van der Waals surface area contributed by atoms with Gasteiger partial charge in [-0.05, 0) is 33.2 Å². The van der Waals surface area contributed by atoms with Crippen molar-refractivity contribution < 1.29 is 9.84 Å². The summed E-state index contributed by atoms with van der Waals surface area (Å²) < 4.78 is 5.82. The van der Waals surface area contributed by atoms with Gasteiger partial charge in [0, 0.05) is 12.0 Å². The zero-order valence-corrected chi connectivity index (χ0v) is 8.36. The predicted molar refractivity (Wildman–Crippen MR) is 50.5 cm³/mol. The minimum absolute atomic E-state index is 0.166. The van der Waals surface area contributed by atoms with Crippen LogP contribution in [0.2, 0.25) is 0 Å². The van der Waals surface area contributed by atoms with E-state index in [0.29, 0.717) is 12.0 Å². The second-order valence-electron chi connectivity index (χ2n) is 4.27. The topological polar surface area (TPSA) is 41.5 Å². The average Bonchev–Trinajstić information content (AvgIpc) is 2.42. The zero-order chi connectivity index (χ0) is 9.42. The Morgan fingerprint density at radius 2 is 2.15 bits per heavy atom. The largest absolute Gasteiger partial charge is 0.393 e. The summed E-state index contributed by atoms with van der Waals surface area (Å²) in [6, 6.07) is 0.334. The third-order valence-corrected chi connectivity index (χ3v) is 3.51. The lowest BCUT2D eigenvalue weighted by atomic mass is 9.80. The first-order valence-corrected chi connectivity index (χ1v) is 5.25. The zero-order valence-electron chi connectivity index (χ0n) is 8.36. The highest BCUT2D eigenvalue weighted by Gasteiger charge is 2.46. The molecule has 1 aliphatic carbocycles. The summed E-state index contributed by atoms with van der Waals surface area (Å²) in [6.07, 6.45) is 3.52. The van der Waals surface area contributed by atoms with Crippen molar-refractivity contribution in [2.75, 3.05) is 7.05 Å². The van der Waals surface area contributed by atoms with E-state index in [4.69, 9.17) is 4.74 Å². The molecule has 1 saturated heterocycles. The number of fused-ring (bicyclic) bond motifs is 1. The quantitative estimate of drug-likeness (QED) is 0.626. The first kappa shape index (κ1) is 9.44. The van der Waals surface area contributed by atoms with Crippen LogP contribution in [0, 0.1) is 5.92 Å².